The minimum Gasteiger partial charge on any atom is -0.390 e. The van der Waals surface area contributed by atoms with Crippen LogP contribution in [0.15, 0.2) is 0 Å². The van der Waals surface area contributed by atoms with Crippen molar-refractivity contribution in [3.63, 3.8) is 0 Å². The number of alkyl halides is 1. The Hall–Kier alpha value is 0.390. The third kappa shape index (κ3) is 2.70. The quantitative estimate of drug-likeness (QED) is 0.807. The van der Waals surface area contributed by atoms with E-state index in [-0.39, 0.29) is 0 Å². The van der Waals surface area contributed by atoms with Crippen molar-refractivity contribution in [2.75, 3.05) is 6.26 Å². The van der Waals surface area contributed by atoms with Crippen molar-refractivity contribution in [1.82, 2.24) is 0 Å². The third-order valence-corrected chi connectivity index (χ3v) is 6.83. The zero-order chi connectivity index (χ0) is 11.8. The molecule has 0 spiro atoms. The van der Waals surface area contributed by atoms with Gasteiger partial charge in [0.05, 0.1) is 6.10 Å². The van der Waals surface area contributed by atoms with Gasteiger partial charge >= 0.3 is 0 Å². The van der Waals surface area contributed by atoms with Gasteiger partial charge in [0, 0.05) is 6.26 Å². The molecule has 0 radical (unpaired) electrons. The topological polar surface area (TPSA) is 54.4 Å². The molecule has 3 nitrogen and oxygen atoms in total. The van der Waals surface area contributed by atoms with Crippen molar-refractivity contribution in [1.29, 1.82) is 0 Å². The predicted octanol–water partition coefficient (Wildman–Crippen LogP) is 1.94. The van der Waals surface area contributed by atoms with Crippen LogP contribution in [0, 0.1) is 5.41 Å². The standard InChI is InChI=1S/C9H19BrO3S/c1-6-9(10,14(5,12)13)7(11)8(2,3)4/h7,11H,6H2,1-5H3/t7-,9+/m0/s1. The molecule has 5 heteroatoms. The fourth-order valence-electron chi connectivity index (χ4n) is 1.30. The van der Waals surface area contributed by atoms with Crippen LogP contribution < -0.4 is 0 Å². The summed E-state index contributed by atoms with van der Waals surface area (Å²) in [5.41, 5.74) is -0.470. The van der Waals surface area contributed by atoms with Gasteiger partial charge in [0.1, 0.15) is 0 Å². The summed E-state index contributed by atoms with van der Waals surface area (Å²) in [5.74, 6) is 0. The molecular formula is C9H19BrO3S. The number of hydrogen-bond donors (Lipinski definition) is 1. The number of aliphatic hydroxyl groups excluding tert-OH is 1. The number of halogens is 1. The Kier molecular flexibility index (Phi) is 4.21. The van der Waals surface area contributed by atoms with Gasteiger partial charge in [0.2, 0.25) is 0 Å². The molecular weight excluding hydrogens is 268 g/mol. The smallest absolute Gasteiger partial charge is 0.165 e. The molecule has 0 aliphatic heterocycles. The molecule has 0 unspecified atom stereocenters. The van der Waals surface area contributed by atoms with Crippen molar-refractivity contribution in [2.45, 2.75) is 43.9 Å². The number of rotatable bonds is 3. The number of hydrogen-bond acceptors (Lipinski definition) is 3. The minimum absolute atomic E-state index is 0.338. The summed E-state index contributed by atoms with van der Waals surface area (Å²) in [7, 11) is -3.33. The van der Waals surface area contributed by atoms with E-state index in [9.17, 15) is 13.5 Å². The molecule has 0 rings (SSSR count). The lowest BCUT2D eigenvalue weighted by Gasteiger charge is -2.37. The molecule has 0 aromatic carbocycles. The SMILES string of the molecule is CC[C@](Br)([C@@H](O)C(C)(C)C)S(C)(=O)=O. The van der Waals surface area contributed by atoms with E-state index in [2.05, 4.69) is 15.9 Å². The Balaban J connectivity index is 5.29. The number of aliphatic hydroxyl groups is 1. The normalized spacial score (nSPS) is 20.2. The molecule has 86 valence electrons. The highest BCUT2D eigenvalue weighted by atomic mass is 79.9. The molecule has 0 aromatic rings. The number of sulfone groups is 1. The largest absolute Gasteiger partial charge is 0.390 e. The molecule has 0 heterocycles. The molecule has 0 saturated heterocycles. The van der Waals surface area contributed by atoms with E-state index in [1.54, 1.807) is 6.92 Å². The molecule has 0 aliphatic rings. The molecule has 0 amide bonds. The summed E-state index contributed by atoms with van der Waals surface area (Å²) in [4.78, 5) is 0. The van der Waals surface area contributed by atoms with Crippen LogP contribution in [0.1, 0.15) is 34.1 Å². The second kappa shape index (κ2) is 4.10. The van der Waals surface area contributed by atoms with E-state index in [4.69, 9.17) is 0 Å². The highest BCUT2D eigenvalue weighted by Gasteiger charge is 2.48. The van der Waals surface area contributed by atoms with Gasteiger partial charge in [-0.3, -0.25) is 0 Å². The fraction of sp³-hybridized carbons (Fsp3) is 1.00. The monoisotopic (exact) mass is 286 g/mol. The molecule has 0 aromatic heterocycles. The van der Waals surface area contributed by atoms with Crippen molar-refractivity contribution in [3.8, 4) is 0 Å². The van der Waals surface area contributed by atoms with Crippen LogP contribution in [0.5, 0.6) is 0 Å². The lowest BCUT2D eigenvalue weighted by Crippen LogP contribution is -2.49. The minimum atomic E-state index is -3.33. The van der Waals surface area contributed by atoms with Crippen molar-refractivity contribution >= 4 is 25.8 Å². The Labute approximate surface area is 94.9 Å². The van der Waals surface area contributed by atoms with E-state index < -0.39 is 25.0 Å². The molecule has 2 atom stereocenters. The van der Waals surface area contributed by atoms with Gasteiger partial charge in [-0.1, -0.05) is 43.6 Å². The zero-order valence-electron chi connectivity index (χ0n) is 9.33. The van der Waals surface area contributed by atoms with Crippen molar-refractivity contribution < 1.29 is 13.5 Å². The van der Waals surface area contributed by atoms with Gasteiger partial charge in [0.15, 0.2) is 13.5 Å². The van der Waals surface area contributed by atoms with Crippen molar-refractivity contribution in [2.24, 2.45) is 5.41 Å². The van der Waals surface area contributed by atoms with Crippen LogP contribution in [0.4, 0.5) is 0 Å². The van der Waals surface area contributed by atoms with Crippen LogP contribution >= 0.6 is 15.9 Å². The van der Waals surface area contributed by atoms with Gasteiger partial charge < -0.3 is 5.11 Å². The van der Waals surface area contributed by atoms with Crippen LogP contribution in [-0.2, 0) is 9.84 Å². The second-order valence-electron chi connectivity index (χ2n) is 4.68. The van der Waals surface area contributed by atoms with E-state index in [0.29, 0.717) is 6.42 Å². The van der Waals surface area contributed by atoms with Crippen LogP contribution in [0.2, 0.25) is 0 Å². The first kappa shape index (κ1) is 14.4. The van der Waals surface area contributed by atoms with Crippen LogP contribution in [-0.4, -0.2) is 29.5 Å². The van der Waals surface area contributed by atoms with Gasteiger partial charge in [-0.15, -0.1) is 0 Å². The third-order valence-electron chi connectivity index (χ3n) is 2.33. The van der Waals surface area contributed by atoms with Gasteiger partial charge in [-0.05, 0) is 11.8 Å². The maximum atomic E-state index is 11.6. The van der Waals surface area contributed by atoms with Crippen LogP contribution in [0.3, 0.4) is 0 Å². The van der Waals surface area contributed by atoms with E-state index >= 15 is 0 Å². The first-order chi connectivity index (χ1) is 5.97. The summed E-state index contributed by atoms with van der Waals surface area (Å²) in [6.07, 6.45) is 0.541. The molecule has 0 bridgehead atoms. The van der Waals surface area contributed by atoms with E-state index in [1.165, 1.54) is 0 Å². The molecule has 1 N–H and O–H groups in total. The highest BCUT2D eigenvalue weighted by molar-refractivity contribution is 9.11. The van der Waals surface area contributed by atoms with Gasteiger partial charge in [0.25, 0.3) is 0 Å². The van der Waals surface area contributed by atoms with Crippen LogP contribution in [0.25, 0.3) is 0 Å². The molecule has 14 heavy (non-hydrogen) atoms. The van der Waals surface area contributed by atoms with Gasteiger partial charge in [-0.2, -0.15) is 0 Å². The zero-order valence-corrected chi connectivity index (χ0v) is 11.7. The average molecular weight is 287 g/mol. The molecule has 0 saturated carbocycles. The Morgan fingerprint density at radius 1 is 1.36 bits per heavy atom. The molecule has 0 fully saturated rings. The summed E-state index contributed by atoms with van der Waals surface area (Å²) in [6.45, 7) is 7.18. The summed E-state index contributed by atoms with van der Waals surface area (Å²) in [5, 5.41) is 10.0. The summed E-state index contributed by atoms with van der Waals surface area (Å²) in [6, 6.07) is 0. The van der Waals surface area contributed by atoms with E-state index in [0.717, 1.165) is 6.26 Å². The fourth-order valence-corrected chi connectivity index (χ4v) is 3.28. The van der Waals surface area contributed by atoms with E-state index in [1.807, 2.05) is 20.8 Å². The summed E-state index contributed by atoms with van der Waals surface area (Å²) >= 11 is 3.17. The second-order valence-corrected chi connectivity index (χ2v) is 8.89. The highest BCUT2D eigenvalue weighted by Crippen LogP contribution is 2.40. The maximum Gasteiger partial charge on any atom is 0.165 e. The Morgan fingerprint density at radius 3 is 1.79 bits per heavy atom. The maximum absolute atomic E-state index is 11.6. The summed E-state index contributed by atoms with van der Waals surface area (Å²) < 4.78 is 21.9. The lowest BCUT2D eigenvalue weighted by molar-refractivity contribution is 0.0510. The van der Waals surface area contributed by atoms with Gasteiger partial charge in [-0.25, -0.2) is 8.42 Å². The Morgan fingerprint density at radius 2 is 1.71 bits per heavy atom. The average Bonchev–Trinajstić information content (AvgIpc) is 1.97. The lowest BCUT2D eigenvalue weighted by atomic mass is 9.86. The predicted molar refractivity (Wildman–Crippen MR) is 62.3 cm³/mol. The first-order valence-corrected chi connectivity index (χ1v) is 7.22. The first-order valence-electron chi connectivity index (χ1n) is 4.53. The Bertz CT molecular complexity index is 292. The molecule has 0 aliphatic carbocycles. The van der Waals surface area contributed by atoms with Crippen molar-refractivity contribution in [3.05, 3.63) is 0 Å².